The maximum Gasteiger partial charge on any atom is 0.254 e. The van der Waals surface area contributed by atoms with Gasteiger partial charge in [0, 0.05) is 12.1 Å². The van der Waals surface area contributed by atoms with Gasteiger partial charge >= 0.3 is 0 Å². The Labute approximate surface area is 117 Å². The number of nitrogens with zero attached hydrogens (tertiary/aromatic N) is 1. The van der Waals surface area contributed by atoms with E-state index < -0.39 is 5.82 Å². The third-order valence-corrected chi connectivity index (χ3v) is 4.24. The van der Waals surface area contributed by atoms with Gasteiger partial charge in [0.05, 0.1) is 24.4 Å². The first-order valence-corrected chi connectivity index (χ1v) is 7.14. The number of hydrogen-bond acceptors (Lipinski definition) is 3. The van der Waals surface area contributed by atoms with Crippen LogP contribution in [0.5, 0.6) is 0 Å². The van der Waals surface area contributed by atoms with Crippen molar-refractivity contribution in [3.63, 3.8) is 0 Å². The Morgan fingerprint density at radius 1 is 1.35 bits per heavy atom. The molecule has 5 heteroatoms. The van der Waals surface area contributed by atoms with Crippen molar-refractivity contribution in [1.82, 2.24) is 4.90 Å². The first-order chi connectivity index (χ1) is 9.66. The number of carbonyl (C=O) groups is 1. The van der Waals surface area contributed by atoms with Gasteiger partial charge in [-0.25, -0.2) is 4.39 Å². The largest absolute Gasteiger partial charge is 0.396 e. The van der Waals surface area contributed by atoms with Crippen molar-refractivity contribution in [2.24, 2.45) is 0 Å². The quantitative estimate of drug-likeness (QED) is 0.801. The molecule has 20 heavy (non-hydrogen) atoms. The molecule has 2 unspecified atom stereocenters. The number of hydrogen-bond donors (Lipinski definition) is 1. The summed E-state index contributed by atoms with van der Waals surface area (Å²) in [6.45, 7) is 1.17. The van der Waals surface area contributed by atoms with Crippen LogP contribution in [-0.2, 0) is 4.74 Å². The number of nitrogen functional groups attached to an aromatic ring is 1. The Bertz CT molecular complexity index is 519. The van der Waals surface area contributed by atoms with E-state index in [2.05, 4.69) is 0 Å². The lowest BCUT2D eigenvalue weighted by Gasteiger charge is -2.43. The molecule has 1 saturated heterocycles. The summed E-state index contributed by atoms with van der Waals surface area (Å²) in [7, 11) is 0. The Morgan fingerprint density at radius 2 is 2.15 bits per heavy atom. The van der Waals surface area contributed by atoms with Gasteiger partial charge in [0.15, 0.2) is 0 Å². The molecule has 1 aromatic rings. The predicted octanol–water partition coefficient (Wildman–Crippen LogP) is 2.19. The van der Waals surface area contributed by atoms with Crippen LogP contribution in [0.3, 0.4) is 0 Å². The molecule has 0 aromatic heterocycles. The lowest BCUT2D eigenvalue weighted by atomic mass is 9.89. The summed E-state index contributed by atoms with van der Waals surface area (Å²) in [6, 6.07) is 4.32. The first-order valence-electron chi connectivity index (χ1n) is 7.14. The highest BCUT2D eigenvalue weighted by Crippen LogP contribution is 2.29. The van der Waals surface area contributed by atoms with E-state index in [4.69, 9.17) is 10.5 Å². The molecule has 2 N–H and O–H groups in total. The second kappa shape index (κ2) is 5.40. The monoisotopic (exact) mass is 278 g/mol. The lowest BCUT2D eigenvalue weighted by Crippen LogP contribution is -2.54. The Morgan fingerprint density at radius 3 is 2.95 bits per heavy atom. The number of nitrogens with two attached hydrogens (primary N) is 1. The average Bonchev–Trinajstić information content (AvgIpc) is 2.49. The van der Waals surface area contributed by atoms with E-state index >= 15 is 0 Å². The molecule has 2 aliphatic rings. The third kappa shape index (κ3) is 2.38. The molecule has 1 aromatic carbocycles. The van der Waals surface area contributed by atoms with E-state index in [9.17, 15) is 9.18 Å². The van der Waals surface area contributed by atoms with Gasteiger partial charge in [-0.2, -0.15) is 0 Å². The summed E-state index contributed by atoms with van der Waals surface area (Å²) >= 11 is 0. The van der Waals surface area contributed by atoms with Crippen LogP contribution >= 0.6 is 0 Å². The molecular formula is C15H19FN2O2. The van der Waals surface area contributed by atoms with Crippen LogP contribution in [0.4, 0.5) is 10.1 Å². The highest BCUT2D eigenvalue weighted by molar-refractivity contribution is 5.95. The topological polar surface area (TPSA) is 55.6 Å². The summed E-state index contributed by atoms with van der Waals surface area (Å²) in [5.74, 6) is -0.559. The molecule has 108 valence electrons. The standard InChI is InChI=1S/C15H19FN2O2/c16-11-6-5-10(9-12(11)17)15(19)18-7-8-20-14-4-2-1-3-13(14)18/h5-6,9,13-14H,1-4,7-8,17H2. The molecule has 1 aliphatic carbocycles. The van der Waals surface area contributed by atoms with Gasteiger partial charge in [0.1, 0.15) is 5.82 Å². The zero-order chi connectivity index (χ0) is 14.1. The molecule has 0 radical (unpaired) electrons. The smallest absolute Gasteiger partial charge is 0.254 e. The molecule has 2 fully saturated rings. The molecule has 1 heterocycles. The number of halogens is 1. The zero-order valence-corrected chi connectivity index (χ0v) is 11.3. The average molecular weight is 278 g/mol. The first kappa shape index (κ1) is 13.4. The number of benzene rings is 1. The maximum absolute atomic E-state index is 13.2. The van der Waals surface area contributed by atoms with Gasteiger partial charge in [-0.05, 0) is 31.0 Å². The Kier molecular flexibility index (Phi) is 3.61. The summed E-state index contributed by atoms with van der Waals surface area (Å²) in [4.78, 5) is 14.5. The fourth-order valence-electron chi connectivity index (χ4n) is 3.19. The highest BCUT2D eigenvalue weighted by atomic mass is 19.1. The molecule has 1 amide bonds. The number of rotatable bonds is 1. The summed E-state index contributed by atoms with van der Waals surface area (Å²) in [5, 5.41) is 0. The maximum atomic E-state index is 13.2. The van der Waals surface area contributed by atoms with Crippen LogP contribution in [0.1, 0.15) is 36.0 Å². The summed E-state index contributed by atoms with van der Waals surface area (Å²) in [6.07, 6.45) is 4.43. The van der Waals surface area contributed by atoms with Crippen LogP contribution in [0.2, 0.25) is 0 Å². The molecule has 1 aliphatic heterocycles. The fraction of sp³-hybridized carbons (Fsp3) is 0.533. The molecule has 4 nitrogen and oxygen atoms in total. The number of morpholine rings is 1. The van der Waals surface area contributed by atoms with E-state index in [1.165, 1.54) is 18.2 Å². The highest BCUT2D eigenvalue weighted by Gasteiger charge is 2.36. The van der Waals surface area contributed by atoms with Crippen LogP contribution < -0.4 is 5.73 Å². The second-order valence-corrected chi connectivity index (χ2v) is 5.50. The molecule has 2 atom stereocenters. The lowest BCUT2D eigenvalue weighted by molar-refractivity contribution is -0.0752. The van der Waals surface area contributed by atoms with Gasteiger partial charge < -0.3 is 15.4 Å². The minimum atomic E-state index is -0.487. The van der Waals surface area contributed by atoms with Gasteiger partial charge in [-0.3, -0.25) is 4.79 Å². The zero-order valence-electron chi connectivity index (χ0n) is 11.3. The minimum Gasteiger partial charge on any atom is -0.396 e. The van der Waals surface area contributed by atoms with E-state index in [0.29, 0.717) is 18.7 Å². The molecule has 0 bridgehead atoms. The Hall–Kier alpha value is -1.62. The Balaban J connectivity index is 1.83. The SMILES string of the molecule is Nc1cc(C(=O)N2CCOC3CCCCC32)ccc1F. The van der Waals surface area contributed by atoms with Crippen LogP contribution in [0.15, 0.2) is 18.2 Å². The van der Waals surface area contributed by atoms with Crippen LogP contribution in [-0.4, -0.2) is 36.1 Å². The van der Waals surface area contributed by atoms with Crippen molar-refractivity contribution in [2.45, 2.75) is 37.8 Å². The van der Waals surface area contributed by atoms with Crippen molar-refractivity contribution in [3.05, 3.63) is 29.6 Å². The molecular weight excluding hydrogens is 259 g/mol. The molecule has 3 rings (SSSR count). The second-order valence-electron chi connectivity index (χ2n) is 5.50. The van der Waals surface area contributed by atoms with E-state index in [-0.39, 0.29) is 23.7 Å². The minimum absolute atomic E-state index is 0.0179. The summed E-state index contributed by atoms with van der Waals surface area (Å²) in [5.41, 5.74) is 6.02. The van der Waals surface area contributed by atoms with E-state index in [1.54, 1.807) is 0 Å². The third-order valence-electron chi connectivity index (χ3n) is 4.24. The van der Waals surface area contributed by atoms with Crippen LogP contribution in [0, 0.1) is 5.82 Å². The number of fused-ring (bicyclic) bond motifs is 1. The van der Waals surface area contributed by atoms with Crippen molar-refractivity contribution in [3.8, 4) is 0 Å². The van der Waals surface area contributed by atoms with Crippen molar-refractivity contribution >= 4 is 11.6 Å². The van der Waals surface area contributed by atoms with E-state index in [1.807, 2.05) is 4.90 Å². The number of anilines is 1. The van der Waals surface area contributed by atoms with Gasteiger partial charge in [0.2, 0.25) is 0 Å². The summed E-state index contributed by atoms with van der Waals surface area (Å²) < 4.78 is 19.0. The molecule has 0 spiro atoms. The van der Waals surface area contributed by atoms with Crippen molar-refractivity contribution in [2.75, 3.05) is 18.9 Å². The van der Waals surface area contributed by atoms with Crippen LogP contribution in [0.25, 0.3) is 0 Å². The normalized spacial score (nSPS) is 26.1. The number of carbonyl (C=O) groups excluding carboxylic acids is 1. The fourth-order valence-corrected chi connectivity index (χ4v) is 3.19. The van der Waals surface area contributed by atoms with Gasteiger partial charge in [-0.1, -0.05) is 12.8 Å². The van der Waals surface area contributed by atoms with Gasteiger partial charge in [0.25, 0.3) is 5.91 Å². The van der Waals surface area contributed by atoms with Crippen molar-refractivity contribution < 1.29 is 13.9 Å². The van der Waals surface area contributed by atoms with E-state index in [0.717, 1.165) is 25.7 Å². The molecule has 1 saturated carbocycles. The number of amides is 1. The van der Waals surface area contributed by atoms with Gasteiger partial charge in [-0.15, -0.1) is 0 Å². The number of ether oxygens (including phenoxy) is 1. The van der Waals surface area contributed by atoms with Crippen molar-refractivity contribution in [1.29, 1.82) is 0 Å². The predicted molar refractivity (Wildman–Crippen MR) is 73.8 cm³/mol.